The van der Waals surface area contributed by atoms with Gasteiger partial charge < -0.3 is 20.4 Å². The van der Waals surface area contributed by atoms with Gasteiger partial charge in [-0.2, -0.15) is 5.10 Å². The Labute approximate surface area is 211 Å². The molecule has 3 saturated heterocycles. The van der Waals surface area contributed by atoms with E-state index in [1.165, 1.54) is 18.4 Å². The molecule has 5 fully saturated rings. The van der Waals surface area contributed by atoms with E-state index < -0.39 is 0 Å². The molecule has 9 nitrogen and oxygen atoms in total. The number of likely N-dealkylation sites (tertiary alicyclic amines) is 2. The number of aromatic nitrogens is 3. The number of nitrogens with two attached hydrogens (primary N) is 1. The van der Waals surface area contributed by atoms with Crippen molar-refractivity contribution in [2.45, 2.75) is 68.7 Å². The third kappa shape index (κ3) is 3.74. The second-order valence-corrected chi connectivity index (χ2v) is 11.9. The highest BCUT2D eigenvalue weighted by Crippen LogP contribution is 2.56. The van der Waals surface area contributed by atoms with Gasteiger partial charge in [0.1, 0.15) is 11.9 Å². The fourth-order valence-electron chi connectivity index (χ4n) is 6.85. The molecule has 0 unspecified atom stereocenters. The number of piperidine rings is 1. The Balaban J connectivity index is 0.885. The average molecular weight is 490 g/mol. The van der Waals surface area contributed by atoms with Crippen molar-refractivity contribution in [3.05, 3.63) is 41.5 Å². The molecule has 4 heterocycles. The van der Waals surface area contributed by atoms with E-state index in [0.717, 1.165) is 82.2 Å². The molecule has 3 amide bonds. The molecule has 1 spiro atoms. The first kappa shape index (κ1) is 22.1. The van der Waals surface area contributed by atoms with E-state index in [9.17, 15) is 9.59 Å². The Morgan fingerprint density at radius 1 is 0.944 bits per heavy atom. The van der Waals surface area contributed by atoms with E-state index in [-0.39, 0.29) is 23.4 Å². The minimum Gasteiger partial charge on any atom is -0.368 e. The van der Waals surface area contributed by atoms with E-state index in [0.29, 0.717) is 17.8 Å². The maximum atomic E-state index is 13.0. The van der Waals surface area contributed by atoms with Crippen LogP contribution in [0.1, 0.15) is 79.9 Å². The molecule has 2 aliphatic carbocycles. The molecule has 36 heavy (non-hydrogen) atoms. The third-order valence-corrected chi connectivity index (χ3v) is 9.21. The van der Waals surface area contributed by atoms with Crippen molar-refractivity contribution < 1.29 is 9.59 Å². The summed E-state index contributed by atoms with van der Waals surface area (Å²) >= 11 is 0. The number of benzene rings is 1. The maximum absolute atomic E-state index is 13.0. The Bertz CT molecular complexity index is 1150. The summed E-state index contributed by atoms with van der Waals surface area (Å²) < 4.78 is 0. The lowest BCUT2D eigenvalue weighted by atomic mass is 9.57. The van der Waals surface area contributed by atoms with Crippen LogP contribution in [-0.2, 0) is 4.79 Å². The summed E-state index contributed by atoms with van der Waals surface area (Å²) in [7, 11) is 0. The molecule has 9 heteroatoms. The van der Waals surface area contributed by atoms with Gasteiger partial charge in [0.2, 0.25) is 5.91 Å². The summed E-state index contributed by atoms with van der Waals surface area (Å²) in [6.07, 6.45) is 7.64. The lowest BCUT2D eigenvalue weighted by Gasteiger charge is -2.59. The topological polar surface area (TPSA) is 111 Å². The van der Waals surface area contributed by atoms with Gasteiger partial charge in [0, 0.05) is 61.6 Å². The van der Waals surface area contributed by atoms with Crippen molar-refractivity contribution in [1.29, 1.82) is 0 Å². The van der Waals surface area contributed by atoms with Gasteiger partial charge in [0.05, 0.1) is 0 Å². The number of hydrogen-bond acceptors (Lipinski definition) is 5. The number of primary amides is 1. The van der Waals surface area contributed by atoms with Crippen LogP contribution >= 0.6 is 0 Å². The zero-order chi connectivity index (χ0) is 24.4. The average Bonchev–Trinajstić information content (AvgIpc) is 3.54. The van der Waals surface area contributed by atoms with Crippen LogP contribution in [0.15, 0.2) is 24.3 Å². The Kier molecular flexibility index (Phi) is 5.05. The van der Waals surface area contributed by atoms with Crippen molar-refractivity contribution in [3.8, 4) is 0 Å². The van der Waals surface area contributed by atoms with E-state index >= 15 is 0 Å². The molecule has 0 radical (unpaired) electrons. The standard InChI is InChI=1S/C27H35N7O2/c28-23(35)22-3-1-2-10-34(22)21-8-6-17(7-9-21)20-13-32(14-20)26(36)33-15-27(16-33)11-19(12-27)25-29-24(30-31-25)18-4-5-18/h6-9,18-20,22H,1-5,10-16H2,(H2,28,35)(H,29,30,31)/t22-/m0/s1. The van der Waals surface area contributed by atoms with E-state index in [4.69, 9.17) is 10.7 Å². The van der Waals surface area contributed by atoms with Gasteiger partial charge in [-0.15, -0.1) is 0 Å². The number of amides is 3. The molecule has 2 aromatic rings. The van der Waals surface area contributed by atoms with E-state index in [1.807, 2.05) is 9.80 Å². The number of nitrogens with one attached hydrogen (secondary N) is 1. The fraction of sp³-hybridized carbons (Fsp3) is 0.630. The number of anilines is 1. The maximum Gasteiger partial charge on any atom is 0.320 e. The number of nitrogens with zero attached hydrogens (tertiary/aromatic N) is 5. The number of carbonyl (C=O) groups excluding carboxylic acids is 2. The van der Waals surface area contributed by atoms with Crippen LogP contribution in [0.3, 0.4) is 0 Å². The molecule has 5 aliphatic rings. The number of carbonyl (C=O) groups is 2. The van der Waals surface area contributed by atoms with Gasteiger partial charge in [-0.25, -0.2) is 9.78 Å². The van der Waals surface area contributed by atoms with Crippen LogP contribution in [0.25, 0.3) is 0 Å². The number of hydrogen-bond donors (Lipinski definition) is 2. The second kappa shape index (κ2) is 8.21. The molecular formula is C27H35N7O2. The van der Waals surface area contributed by atoms with E-state index in [2.05, 4.69) is 39.4 Å². The first-order chi connectivity index (χ1) is 17.5. The van der Waals surface area contributed by atoms with Crippen molar-refractivity contribution in [2.75, 3.05) is 37.6 Å². The molecule has 1 aromatic carbocycles. The van der Waals surface area contributed by atoms with Gasteiger partial charge in [0.15, 0.2) is 5.82 Å². The van der Waals surface area contributed by atoms with Crippen LogP contribution in [0, 0.1) is 5.41 Å². The summed E-state index contributed by atoms with van der Waals surface area (Å²) in [5.41, 5.74) is 8.25. The quantitative estimate of drug-likeness (QED) is 0.671. The second-order valence-electron chi connectivity index (χ2n) is 11.9. The first-order valence-electron chi connectivity index (χ1n) is 13.6. The molecule has 3 N–H and O–H groups in total. The summed E-state index contributed by atoms with van der Waals surface area (Å²) in [5, 5.41) is 7.59. The number of urea groups is 1. The van der Waals surface area contributed by atoms with Crippen molar-refractivity contribution in [3.63, 3.8) is 0 Å². The molecule has 2 saturated carbocycles. The van der Waals surface area contributed by atoms with E-state index in [1.54, 1.807) is 0 Å². The van der Waals surface area contributed by atoms with Crippen molar-refractivity contribution in [1.82, 2.24) is 25.0 Å². The predicted octanol–water partition coefficient (Wildman–Crippen LogP) is 2.93. The lowest BCUT2D eigenvalue weighted by Crippen LogP contribution is -2.67. The molecule has 1 aromatic heterocycles. The largest absolute Gasteiger partial charge is 0.368 e. The van der Waals surface area contributed by atoms with Crippen molar-refractivity contribution >= 4 is 17.6 Å². The highest BCUT2D eigenvalue weighted by Gasteiger charge is 2.56. The van der Waals surface area contributed by atoms with Gasteiger partial charge in [-0.05, 0) is 62.6 Å². The summed E-state index contributed by atoms with van der Waals surface area (Å²) in [6, 6.07) is 8.49. The molecular weight excluding hydrogens is 454 g/mol. The summed E-state index contributed by atoms with van der Waals surface area (Å²) in [5.74, 6) is 3.25. The minimum atomic E-state index is -0.238. The van der Waals surface area contributed by atoms with Crippen LogP contribution in [0.4, 0.5) is 10.5 Å². The van der Waals surface area contributed by atoms with Crippen LogP contribution in [0.2, 0.25) is 0 Å². The van der Waals surface area contributed by atoms with Crippen LogP contribution < -0.4 is 10.6 Å². The number of aromatic amines is 1. The SMILES string of the molecule is NC(=O)[C@@H]1CCCCN1c1ccc(C2CN(C(=O)N3CC4(CC(c5n[nH]c(C6CC6)n5)C4)C3)C2)cc1. The van der Waals surface area contributed by atoms with Crippen LogP contribution in [-0.4, -0.2) is 75.7 Å². The highest BCUT2D eigenvalue weighted by molar-refractivity contribution is 5.84. The summed E-state index contributed by atoms with van der Waals surface area (Å²) in [6.45, 7) is 4.17. The monoisotopic (exact) mass is 489 g/mol. The Morgan fingerprint density at radius 2 is 1.69 bits per heavy atom. The van der Waals surface area contributed by atoms with Crippen molar-refractivity contribution in [2.24, 2.45) is 11.1 Å². The van der Waals surface area contributed by atoms with Gasteiger partial charge in [0.25, 0.3) is 0 Å². The molecule has 0 bridgehead atoms. The molecule has 3 aliphatic heterocycles. The zero-order valence-corrected chi connectivity index (χ0v) is 20.7. The van der Waals surface area contributed by atoms with Gasteiger partial charge in [-0.3, -0.25) is 9.89 Å². The molecule has 1 atom stereocenters. The third-order valence-electron chi connectivity index (χ3n) is 9.21. The highest BCUT2D eigenvalue weighted by atomic mass is 16.2. The smallest absolute Gasteiger partial charge is 0.320 e. The molecule has 7 rings (SSSR count). The summed E-state index contributed by atoms with van der Waals surface area (Å²) in [4.78, 5) is 35.7. The normalized spacial score (nSPS) is 25.9. The predicted molar refractivity (Wildman–Crippen MR) is 135 cm³/mol. The number of H-pyrrole nitrogens is 1. The Hall–Kier alpha value is -3.10. The lowest BCUT2D eigenvalue weighted by molar-refractivity contribution is -0.119. The number of rotatable bonds is 5. The first-order valence-corrected chi connectivity index (χ1v) is 13.6. The zero-order valence-electron chi connectivity index (χ0n) is 20.7. The Morgan fingerprint density at radius 3 is 2.39 bits per heavy atom. The fourth-order valence-corrected chi connectivity index (χ4v) is 6.85. The minimum absolute atomic E-state index is 0.184. The van der Waals surface area contributed by atoms with Gasteiger partial charge in [-0.1, -0.05) is 12.1 Å². The molecule has 190 valence electrons. The van der Waals surface area contributed by atoms with Gasteiger partial charge >= 0.3 is 6.03 Å². The van der Waals surface area contributed by atoms with Crippen LogP contribution in [0.5, 0.6) is 0 Å².